The van der Waals surface area contributed by atoms with E-state index in [0.717, 1.165) is 38.5 Å². The Kier molecular flexibility index (Phi) is 5.17. The van der Waals surface area contributed by atoms with Crippen molar-refractivity contribution in [1.82, 2.24) is 20.1 Å². The topological polar surface area (TPSA) is 52.0 Å². The van der Waals surface area contributed by atoms with Crippen LogP contribution in [0.15, 0.2) is 6.33 Å². The third-order valence-electron chi connectivity index (χ3n) is 2.02. The highest BCUT2D eigenvalue weighted by Crippen LogP contribution is 1.93. The number of nitrogens with one attached hydrogen (secondary N) is 1. The van der Waals surface area contributed by atoms with E-state index in [2.05, 4.69) is 22.4 Å². The van der Waals surface area contributed by atoms with E-state index in [-0.39, 0.29) is 0 Å². The Morgan fingerprint density at radius 2 is 2.43 bits per heavy atom. The second-order valence-corrected chi connectivity index (χ2v) is 3.06. The average Bonchev–Trinajstić information content (AvgIpc) is 2.65. The highest BCUT2D eigenvalue weighted by Gasteiger charge is 2.00. The quantitative estimate of drug-likeness (QED) is 0.645. The van der Waals surface area contributed by atoms with E-state index < -0.39 is 0 Å². The fourth-order valence-corrected chi connectivity index (χ4v) is 1.22. The Bertz CT molecular complexity index is 249. The van der Waals surface area contributed by atoms with Crippen LogP contribution in [0.4, 0.5) is 0 Å². The molecule has 0 fully saturated rings. The van der Waals surface area contributed by atoms with Gasteiger partial charge in [0.05, 0.1) is 6.54 Å². The van der Waals surface area contributed by atoms with Crippen molar-refractivity contribution < 1.29 is 4.74 Å². The van der Waals surface area contributed by atoms with Crippen LogP contribution in [-0.2, 0) is 17.8 Å². The van der Waals surface area contributed by atoms with Gasteiger partial charge in [-0.25, -0.2) is 0 Å². The highest BCUT2D eigenvalue weighted by molar-refractivity contribution is 4.84. The van der Waals surface area contributed by atoms with Crippen LogP contribution in [0.5, 0.6) is 0 Å². The van der Waals surface area contributed by atoms with Crippen molar-refractivity contribution in [3.05, 3.63) is 12.2 Å². The van der Waals surface area contributed by atoms with Gasteiger partial charge in [-0.3, -0.25) is 0 Å². The number of hydrogen-bond acceptors (Lipinski definition) is 4. The monoisotopic (exact) mass is 198 g/mol. The zero-order valence-electron chi connectivity index (χ0n) is 8.86. The lowest BCUT2D eigenvalue weighted by Gasteiger charge is -2.04. The van der Waals surface area contributed by atoms with Crippen LogP contribution in [0.25, 0.3) is 0 Å². The number of rotatable bonds is 7. The van der Waals surface area contributed by atoms with E-state index in [1.165, 1.54) is 0 Å². The first-order valence-electron chi connectivity index (χ1n) is 4.94. The fourth-order valence-electron chi connectivity index (χ4n) is 1.22. The second kappa shape index (κ2) is 6.50. The van der Waals surface area contributed by atoms with Gasteiger partial charge in [0.1, 0.15) is 12.2 Å². The molecule has 0 aliphatic heterocycles. The number of ether oxygens (including phenoxy) is 1. The van der Waals surface area contributed by atoms with Gasteiger partial charge in [-0.2, -0.15) is 0 Å². The lowest BCUT2D eigenvalue weighted by Crippen LogP contribution is -2.19. The Labute approximate surface area is 84.5 Å². The summed E-state index contributed by atoms with van der Waals surface area (Å²) in [5.41, 5.74) is 0. The molecule has 5 nitrogen and oxygen atoms in total. The van der Waals surface area contributed by atoms with Gasteiger partial charge in [-0.05, 0) is 19.9 Å². The van der Waals surface area contributed by atoms with Crippen molar-refractivity contribution in [3.8, 4) is 0 Å². The standard InChI is InChI=1S/C9H18N4O/c1-3-13-8-11-12-9(13)7-10-5-4-6-14-2/h8,10H,3-7H2,1-2H3. The summed E-state index contributed by atoms with van der Waals surface area (Å²) in [5.74, 6) is 0.991. The van der Waals surface area contributed by atoms with Crippen LogP contribution in [0, 0.1) is 0 Å². The molecule has 0 spiro atoms. The minimum Gasteiger partial charge on any atom is -0.385 e. The molecule has 5 heteroatoms. The van der Waals surface area contributed by atoms with E-state index in [1.54, 1.807) is 13.4 Å². The first-order valence-corrected chi connectivity index (χ1v) is 4.94. The zero-order valence-corrected chi connectivity index (χ0v) is 8.86. The molecule has 80 valence electrons. The lowest BCUT2D eigenvalue weighted by atomic mass is 10.4. The van der Waals surface area contributed by atoms with Crippen molar-refractivity contribution in [2.75, 3.05) is 20.3 Å². The smallest absolute Gasteiger partial charge is 0.146 e. The van der Waals surface area contributed by atoms with Gasteiger partial charge in [-0.15, -0.1) is 10.2 Å². The summed E-state index contributed by atoms with van der Waals surface area (Å²) >= 11 is 0. The number of methoxy groups -OCH3 is 1. The van der Waals surface area contributed by atoms with Gasteiger partial charge in [0.25, 0.3) is 0 Å². The maximum atomic E-state index is 4.95. The van der Waals surface area contributed by atoms with Gasteiger partial charge in [0.2, 0.25) is 0 Å². The SMILES string of the molecule is CCn1cnnc1CNCCCOC. The molecule has 0 bridgehead atoms. The summed E-state index contributed by atoms with van der Waals surface area (Å²) in [6.45, 7) is 5.52. The number of aromatic nitrogens is 3. The summed E-state index contributed by atoms with van der Waals surface area (Å²) in [6, 6.07) is 0. The van der Waals surface area contributed by atoms with Gasteiger partial charge in [0.15, 0.2) is 0 Å². The molecule has 0 atom stereocenters. The molecule has 0 saturated heterocycles. The average molecular weight is 198 g/mol. The molecular weight excluding hydrogens is 180 g/mol. The molecule has 1 aromatic heterocycles. The van der Waals surface area contributed by atoms with Crippen LogP contribution >= 0.6 is 0 Å². The third kappa shape index (κ3) is 3.43. The molecule has 0 aromatic carbocycles. The number of aryl methyl sites for hydroxylation is 1. The third-order valence-corrected chi connectivity index (χ3v) is 2.02. The predicted octanol–water partition coefficient (Wildman–Crippen LogP) is 0.424. The van der Waals surface area contributed by atoms with E-state index in [0.29, 0.717) is 0 Å². The first kappa shape index (κ1) is 11.1. The minimum absolute atomic E-state index is 0.775. The van der Waals surface area contributed by atoms with Crippen molar-refractivity contribution in [2.45, 2.75) is 26.4 Å². The van der Waals surface area contributed by atoms with Gasteiger partial charge >= 0.3 is 0 Å². The molecule has 0 aliphatic rings. The Balaban J connectivity index is 2.17. The molecular formula is C9H18N4O. The molecule has 1 heterocycles. The van der Waals surface area contributed by atoms with Crippen LogP contribution in [-0.4, -0.2) is 35.0 Å². The summed E-state index contributed by atoms with van der Waals surface area (Å²) in [6.07, 6.45) is 2.78. The van der Waals surface area contributed by atoms with E-state index in [4.69, 9.17) is 4.74 Å². The first-order chi connectivity index (χ1) is 6.88. The molecule has 0 unspecified atom stereocenters. The fraction of sp³-hybridized carbons (Fsp3) is 0.778. The van der Waals surface area contributed by atoms with Crippen molar-refractivity contribution >= 4 is 0 Å². The van der Waals surface area contributed by atoms with E-state index in [9.17, 15) is 0 Å². The molecule has 1 aromatic rings. The molecule has 0 amide bonds. The lowest BCUT2D eigenvalue weighted by molar-refractivity contribution is 0.194. The summed E-state index contributed by atoms with van der Waals surface area (Å²) in [7, 11) is 1.72. The molecule has 1 N–H and O–H groups in total. The van der Waals surface area contributed by atoms with Crippen LogP contribution < -0.4 is 5.32 Å². The number of hydrogen-bond donors (Lipinski definition) is 1. The highest BCUT2D eigenvalue weighted by atomic mass is 16.5. The zero-order chi connectivity index (χ0) is 10.2. The van der Waals surface area contributed by atoms with Crippen LogP contribution in [0.3, 0.4) is 0 Å². The maximum absolute atomic E-state index is 4.95. The maximum Gasteiger partial charge on any atom is 0.146 e. The Hall–Kier alpha value is -0.940. The van der Waals surface area contributed by atoms with Crippen LogP contribution in [0.2, 0.25) is 0 Å². The molecule has 14 heavy (non-hydrogen) atoms. The van der Waals surface area contributed by atoms with E-state index in [1.807, 2.05) is 4.57 Å². The van der Waals surface area contributed by atoms with Crippen molar-refractivity contribution in [2.24, 2.45) is 0 Å². The Morgan fingerprint density at radius 1 is 1.57 bits per heavy atom. The molecule has 0 saturated carbocycles. The summed E-state index contributed by atoms with van der Waals surface area (Å²) < 4.78 is 6.98. The van der Waals surface area contributed by atoms with Gasteiger partial charge in [0, 0.05) is 20.3 Å². The number of nitrogens with zero attached hydrogens (tertiary/aromatic N) is 3. The van der Waals surface area contributed by atoms with Gasteiger partial charge in [-0.1, -0.05) is 0 Å². The second-order valence-electron chi connectivity index (χ2n) is 3.06. The van der Waals surface area contributed by atoms with E-state index >= 15 is 0 Å². The molecule has 0 aliphatic carbocycles. The minimum atomic E-state index is 0.775. The summed E-state index contributed by atoms with van der Waals surface area (Å²) in [4.78, 5) is 0. The predicted molar refractivity (Wildman–Crippen MR) is 53.9 cm³/mol. The molecule has 1 rings (SSSR count). The van der Waals surface area contributed by atoms with Crippen molar-refractivity contribution in [3.63, 3.8) is 0 Å². The van der Waals surface area contributed by atoms with Crippen LogP contribution in [0.1, 0.15) is 19.2 Å². The largest absolute Gasteiger partial charge is 0.385 e. The normalized spacial score (nSPS) is 10.7. The molecule has 0 radical (unpaired) electrons. The van der Waals surface area contributed by atoms with Crippen molar-refractivity contribution in [1.29, 1.82) is 0 Å². The van der Waals surface area contributed by atoms with Gasteiger partial charge < -0.3 is 14.6 Å². The summed E-state index contributed by atoms with van der Waals surface area (Å²) in [5, 5.41) is 11.2. The Morgan fingerprint density at radius 3 is 3.14 bits per heavy atom.